The lowest BCUT2D eigenvalue weighted by Gasteiger charge is -2.44. The largest absolute Gasteiger partial charge is 0.289 e. The maximum Gasteiger partial charge on any atom is 0.236 e. The van der Waals surface area contributed by atoms with Gasteiger partial charge in [-0.3, -0.25) is 9.24 Å². The summed E-state index contributed by atoms with van der Waals surface area (Å²) in [4.78, 5) is 4.78. The Labute approximate surface area is 180 Å². The molecule has 0 saturated heterocycles. The van der Waals surface area contributed by atoms with Crippen LogP contribution in [0, 0.1) is 0 Å². The molecule has 4 aromatic carbocycles. The van der Waals surface area contributed by atoms with Crippen molar-refractivity contribution >= 4 is 40.2 Å². The monoisotopic (exact) mass is 416 g/mol. The Kier molecular flexibility index (Phi) is 3.26. The van der Waals surface area contributed by atoms with Gasteiger partial charge in [0.05, 0.1) is 5.69 Å². The van der Waals surface area contributed by atoms with Gasteiger partial charge in [-0.25, -0.2) is 4.98 Å². The highest BCUT2D eigenvalue weighted by molar-refractivity contribution is 7.81. The zero-order chi connectivity index (χ0) is 20.6. The molecule has 0 spiro atoms. The Morgan fingerprint density at radius 2 is 1.26 bits per heavy atom. The van der Waals surface area contributed by atoms with E-state index in [1.807, 2.05) is 59.3 Å². The van der Waals surface area contributed by atoms with Crippen molar-refractivity contribution in [2.45, 2.75) is 0 Å². The highest BCUT2D eigenvalue weighted by atomic mass is 31.2. The van der Waals surface area contributed by atoms with Crippen LogP contribution in [0.5, 0.6) is 0 Å². The maximum atomic E-state index is 15.3. The second-order valence-electron chi connectivity index (χ2n) is 7.98. The summed E-state index contributed by atoms with van der Waals surface area (Å²) in [6, 6.07) is 32.9. The van der Waals surface area contributed by atoms with Crippen LogP contribution >= 0.6 is 7.29 Å². The van der Waals surface area contributed by atoms with E-state index in [4.69, 9.17) is 4.98 Å². The topological polar surface area (TPSA) is 33.2 Å². The minimum Gasteiger partial charge on any atom is -0.289 e. The van der Waals surface area contributed by atoms with Crippen molar-refractivity contribution in [2.24, 2.45) is 0 Å². The molecule has 0 amide bonds. The van der Waals surface area contributed by atoms with Gasteiger partial charge in [0, 0.05) is 33.3 Å². The van der Waals surface area contributed by atoms with E-state index in [9.17, 15) is 0 Å². The Balaban J connectivity index is 1.74. The minimum atomic E-state index is -3.20. The van der Waals surface area contributed by atoms with Crippen molar-refractivity contribution in [3.05, 3.63) is 103 Å². The SMILES string of the molecule is O=P12c3ccccc3-c3cccnc3N1c1c(ccc3ccccc13)-c1ccccc12. The van der Waals surface area contributed by atoms with Crippen molar-refractivity contribution in [2.75, 3.05) is 4.67 Å². The second-order valence-corrected chi connectivity index (χ2v) is 10.5. The molecule has 0 N–H and O–H groups in total. The van der Waals surface area contributed by atoms with Crippen LogP contribution in [0.3, 0.4) is 0 Å². The molecular weight excluding hydrogens is 399 g/mol. The third kappa shape index (κ3) is 2.04. The number of nitrogens with zero attached hydrogens (tertiary/aromatic N) is 2. The summed E-state index contributed by atoms with van der Waals surface area (Å²) >= 11 is 0. The fraction of sp³-hybridized carbons (Fsp3) is 0. The molecule has 3 heterocycles. The standard InChI is InChI=1S/C27H17N2OP/c30-31-24-13-5-3-10-20(24)22-16-15-18-8-1-2-9-19(18)26(22)29(31)27-23(12-7-17-28-27)21-11-4-6-14-25(21)31/h1-17H. The normalized spacial score (nSPS) is 17.9. The average molecular weight is 416 g/mol. The van der Waals surface area contributed by atoms with E-state index >= 15 is 4.57 Å². The molecule has 0 bridgehead atoms. The van der Waals surface area contributed by atoms with Crippen LogP contribution in [-0.2, 0) is 4.57 Å². The van der Waals surface area contributed by atoms with Gasteiger partial charge < -0.3 is 0 Å². The number of hydrogen-bond acceptors (Lipinski definition) is 2. The molecule has 0 radical (unpaired) electrons. The molecule has 1 atom stereocenters. The fourth-order valence-corrected chi connectivity index (χ4v) is 8.37. The van der Waals surface area contributed by atoms with Crippen molar-refractivity contribution in [3.8, 4) is 22.3 Å². The zero-order valence-corrected chi connectivity index (χ0v) is 17.5. The molecule has 2 aliphatic rings. The van der Waals surface area contributed by atoms with Crippen molar-refractivity contribution in [3.63, 3.8) is 0 Å². The van der Waals surface area contributed by atoms with Gasteiger partial charge in [0.1, 0.15) is 5.82 Å². The number of benzene rings is 4. The Morgan fingerprint density at radius 1 is 0.613 bits per heavy atom. The van der Waals surface area contributed by atoms with E-state index in [-0.39, 0.29) is 0 Å². The summed E-state index contributed by atoms with van der Waals surface area (Å²) in [5, 5.41) is 3.97. The lowest BCUT2D eigenvalue weighted by atomic mass is 9.97. The second kappa shape index (κ2) is 5.94. The molecule has 2 aliphatic heterocycles. The third-order valence-corrected chi connectivity index (χ3v) is 9.46. The first kappa shape index (κ1) is 17.0. The molecule has 1 unspecified atom stereocenters. The van der Waals surface area contributed by atoms with Gasteiger partial charge >= 0.3 is 0 Å². The lowest BCUT2D eigenvalue weighted by molar-refractivity contribution is 0.586. The number of anilines is 2. The first-order valence-electron chi connectivity index (χ1n) is 10.4. The number of fused-ring (bicyclic) bond motifs is 13. The fourth-order valence-electron chi connectivity index (χ4n) is 5.13. The molecule has 146 valence electrons. The maximum absolute atomic E-state index is 15.3. The minimum absolute atomic E-state index is 0.761. The molecule has 1 aromatic heterocycles. The number of pyridine rings is 1. The highest BCUT2D eigenvalue weighted by Crippen LogP contribution is 2.66. The quantitative estimate of drug-likeness (QED) is 0.279. The predicted octanol–water partition coefficient (Wildman–Crippen LogP) is 6.26. The summed E-state index contributed by atoms with van der Waals surface area (Å²) in [7, 11) is -3.20. The molecular formula is C27H17N2OP. The van der Waals surface area contributed by atoms with Gasteiger partial charge in [0.25, 0.3) is 0 Å². The number of rotatable bonds is 0. The summed E-state index contributed by atoms with van der Waals surface area (Å²) in [6.07, 6.45) is 1.79. The van der Waals surface area contributed by atoms with Crippen molar-refractivity contribution < 1.29 is 4.57 Å². The van der Waals surface area contributed by atoms with Crippen LogP contribution in [-0.4, -0.2) is 4.98 Å². The first-order valence-corrected chi connectivity index (χ1v) is 12.0. The van der Waals surface area contributed by atoms with Gasteiger partial charge in [-0.15, -0.1) is 0 Å². The summed E-state index contributed by atoms with van der Waals surface area (Å²) < 4.78 is 17.4. The van der Waals surface area contributed by atoms with Gasteiger partial charge in [0.2, 0.25) is 7.29 Å². The molecule has 0 fully saturated rings. The Morgan fingerprint density at radius 3 is 2.06 bits per heavy atom. The summed E-state index contributed by atoms with van der Waals surface area (Å²) in [5.41, 5.74) is 5.13. The highest BCUT2D eigenvalue weighted by Gasteiger charge is 2.48. The van der Waals surface area contributed by atoms with Crippen LogP contribution in [0.4, 0.5) is 11.5 Å². The van der Waals surface area contributed by atoms with Crippen LogP contribution in [0.15, 0.2) is 103 Å². The van der Waals surface area contributed by atoms with E-state index in [0.29, 0.717) is 0 Å². The van der Waals surface area contributed by atoms with E-state index in [1.165, 1.54) is 0 Å². The Hall–Kier alpha value is -3.68. The smallest absolute Gasteiger partial charge is 0.236 e. The molecule has 5 aromatic rings. The first-order chi connectivity index (χ1) is 15.3. The van der Waals surface area contributed by atoms with E-state index in [2.05, 4.69) is 42.5 Å². The van der Waals surface area contributed by atoms with Gasteiger partial charge in [-0.2, -0.15) is 0 Å². The average Bonchev–Trinajstić information content (AvgIpc) is 2.84. The molecule has 0 saturated carbocycles. The molecule has 0 aliphatic carbocycles. The van der Waals surface area contributed by atoms with Crippen LogP contribution in [0.1, 0.15) is 0 Å². The molecule has 3 nitrogen and oxygen atoms in total. The van der Waals surface area contributed by atoms with E-state index in [0.717, 1.165) is 55.1 Å². The molecule has 4 heteroatoms. The van der Waals surface area contributed by atoms with E-state index in [1.54, 1.807) is 6.20 Å². The van der Waals surface area contributed by atoms with E-state index < -0.39 is 7.29 Å². The lowest BCUT2D eigenvalue weighted by Crippen LogP contribution is -2.37. The summed E-state index contributed by atoms with van der Waals surface area (Å²) in [6.45, 7) is 0. The van der Waals surface area contributed by atoms with Gasteiger partial charge in [0.15, 0.2) is 0 Å². The van der Waals surface area contributed by atoms with Crippen molar-refractivity contribution in [1.29, 1.82) is 0 Å². The zero-order valence-electron chi connectivity index (χ0n) is 16.6. The number of hydrogen-bond donors (Lipinski definition) is 0. The predicted molar refractivity (Wildman–Crippen MR) is 128 cm³/mol. The van der Waals surface area contributed by atoms with Crippen LogP contribution in [0.2, 0.25) is 0 Å². The van der Waals surface area contributed by atoms with Crippen molar-refractivity contribution in [1.82, 2.24) is 4.98 Å². The van der Waals surface area contributed by atoms with Crippen LogP contribution in [0.25, 0.3) is 33.0 Å². The van der Waals surface area contributed by atoms with Crippen LogP contribution < -0.4 is 15.3 Å². The molecule has 7 rings (SSSR count). The Bertz CT molecular complexity index is 1590. The summed E-state index contributed by atoms with van der Waals surface area (Å²) in [5.74, 6) is 0.761. The van der Waals surface area contributed by atoms with Gasteiger partial charge in [-0.1, -0.05) is 72.8 Å². The number of aromatic nitrogens is 1. The van der Waals surface area contributed by atoms with Gasteiger partial charge in [-0.05, 0) is 40.8 Å². The molecule has 31 heavy (non-hydrogen) atoms. The third-order valence-electron chi connectivity index (χ3n) is 6.42.